The van der Waals surface area contributed by atoms with E-state index in [1.54, 1.807) is 56.0 Å². The van der Waals surface area contributed by atoms with Gasteiger partial charge in [-0.15, -0.1) is 0 Å². The van der Waals surface area contributed by atoms with Gasteiger partial charge in [-0.05, 0) is 54.1 Å². The van der Waals surface area contributed by atoms with Crippen molar-refractivity contribution in [2.45, 2.75) is 0 Å². The molecule has 3 amide bonds. The lowest BCUT2D eigenvalue weighted by molar-refractivity contribution is 0.0963. The number of fused-ring (bicyclic) bond motifs is 1. The van der Waals surface area contributed by atoms with Crippen LogP contribution < -0.4 is 25.6 Å². The summed E-state index contributed by atoms with van der Waals surface area (Å²) in [6.07, 6.45) is 5.05. The normalized spacial score (nSPS) is 12.9. The van der Waals surface area contributed by atoms with Gasteiger partial charge in [-0.3, -0.25) is 10.1 Å². The molecule has 0 atom stereocenters. The lowest BCUT2D eigenvalue weighted by atomic mass is 10.1. The van der Waals surface area contributed by atoms with E-state index in [1.807, 2.05) is 24.3 Å². The minimum Gasteiger partial charge on any atom is -0.467 e. The molecule has 0 aliphatic carbocycles. The van der Waals surface area contributed by atoms with Gasteiger partial charge < -0.3 is 25.0 Å². The van der Waals surface area contributed by atoms with E-state index in [9.17, 15) is 9.59 Å². The van der Waals surface area contributed by atoms with Crippen molar-refractivity contribution in [3.63, 3.8) is 0 Å². The second-order valence-corrected chi connectivity index (χ2v) is 9.83. The van der Waals surface area contributed by atoms with Crippen molar-refractivity contribution >= 4 is 40.2 Å². The van der Waals surface area contributed by atoms with Crippen LogP contribution in [-0.4, -0.2) is 77.3 Å². The monoisotopic (exact) mass is 591 g/mol. The molecule has 1 aliphatic heterocycles. The van der Waals surface area contributed by atoms with Gasteiger partial charge in [0.2, 0.25) is 0 Å². The van der Waals surface area contributed by atoms with Gasteiger partial charge in [-0.1, -0.05) is 6.07 Å². The number of carbonyl (C=O) groups excluding carboxylic acids is 2. The van der Waals surface area contributed by atoms with Gasteiger partial charge in [0, 0.05) is 66.5 Å². The van der Waals surface area contributed by atoms with Crippen molar-refractivity contribution in [3.05, 3.63) is 78.8 Å². The third-order valence-corrected chi connectivity index (χ3v) is 7.03. The first-order chi connectivity index (χ1) is 21.5. The summed E-state index contributed by atoms with van der Waals surface area (Å²) in [5.74, 6) is 1.46. The van der Waals surface area contributed by atoms with Gasteiger partial charge in [0.15, 0.2) is 5.82 Å². The van der Waals surface area contributed by atoms with E-state index in [0.29, 0.717) is 60.8 Å². The molecule has 0 bridgehead atoms. The zero-order valence-corrected chi connectivity index (χ0v) is 24.1. The summed E-state index contributed by atoms with van der Waals surface area (Å²) in [5, 5.41) is 8.93. The number of hydrogen-bond acceptors (Lipinski definition) is 10. The number of nitrogens with one attached hydrogen (secondary N) is 3. The van der Waals surface area contributed by atoms with Crippen molar-refractivity contribution in [3.8, 4) is 28.5 Å². The summed E-state index contributed by atoms with van der Waals surface area (Å²) in [7, 11) is 3.09. The van der Waals surface area contributed by atoms with Crippen LogP contribution in [0.3, 0.4) is 0 Å². The van der Waals surface area contributed by atoms with Gasteiger partial charge in [0.25, 0.3) is 5.91 Å². The molecule has 6 rings (SSSR count). The Kier molecular flexibility index (Phi) is 8.19. The molecule has 1 fully saturated rings. The molecule has 3 N–H and O–H groups in total. The van der Waals surface area contributed by atoms with Crippen LogP contribution in [0.15, 0.2) is 73.2 Å². The van der Waals surface area contributed by atoms with Crippen molar-refractivity contribution in [1.29, 1.82) is 0 Å². The van der Waals surface area contributed by atoms with Gasteiger partial charge in [-0.2, -0.15) is 0 Å². The predicted molar refractivity (Wildman–Crippen MR) is 166 cm³/mol. The largest absolute Gasteiger partial charge is 0.467 e. The van der Waals surface area contributed by atoms with E-state index >= 15 is 0 Å². The number of ether oxygens (including phenoxy) is 2. The first-order valence-corrected chi connectivity index (χ1v) is 13.9. The Morgan fingerprint density at radius 2 is 1.57 bits per heavy atom. The first kappa shape index (κ1) is 28.4. The van der Waals surface area contributed by atoms with E-state index in [2.05, 4.69) is 35.8 Å². The van der Waals surface area contributed by atoms with Crippen LogP contribution in [0.1, 0.15) is 10.4 Å². The smallest absolute Gasteiger partial charge is 0.324 e. The SMILES string of the molecule is CNC(=O)c1ccc(NC(=O)Nc2ccc(-c3nc(N4CCOCC4)c4ccc(-c5cnc(OC)nc5)cc4n3)cn2)cc1. The van der Waals surface area contributed by atoms with Gasteiger partial charge in [-0.25, -0.2) is 29.7 Å². The van der Waals surface area contributed by atoms with Gasteiger partial charge in [0.05, 0.1) is 25.8 Å². The summed E-state index contributed by atoms with van der Waals surface area (Å²) in [6, 6.07) is 15.9. The summed E-state index contributed by atoms with van der Waals surface area (Å²) in [6.45, 7) is 2.66. The Morgan fingerprint density at radius 1 is 0.841 bits per heavy atom. The van der Waals surface area contributed by atoms with Gasteiger partial charge in [0.1, 0.15) is 11.6 Å². The average molecular weight is 592 g/mol. The zero-order valence-electron chi connectivity index (χ0n) is 24.1. The maximum Gasteiger partial charge on any atom is 0.324 e. The number of carbonyl (C=O) groups is 2. The molecular formula is C31H29N9O4. The van der Waals surface area contributed by atoms with Crippen molar-refractivity contribution in [2.24, 2.45) is 0 Å². The fourth-order valence-electron chi connectivity index (χ4n) is 4.74. The molecule has 0 unspecified atom stereocenters. The quantitative estimate of drug-likeness (QED) is 0.253. The number of benzene rings is 2. The van der Waals surface area contributed by atoms with Crippen molar-refractivity contribution < 1.29 is 19.1 Å². The number of nitrogens with zero attached hydrogens (tertiary/aromatic N) is 6. The highest BCUT2D eigenvalue weighted by Crippen LogP contribution is 2.31. The minimum atomic E-state index is -0.468. The zero-order chi connectivity index (χ0) is 30.5. The molecule has 4 heterocycles. The summed E-state index contributed by atoms with van der Waals surface area (Å²) in [4.78, 5) is 49.2. The summed E-state index contributed by atoms with van der Waals surface area (Å²) >= 11 is 0. The number of aromatic nitrogens is 5. The second-order valence-electron chi connectivity index (χ2n) is 9.83. The van der Waals surface area contributed by atoms with E-state index in [0.717, 1.165) is 27.8 Å². The number of hydrogen-bond donors (Lipinski definition) is 3. The molecule has 0 spiro atoms. The number of pyridine rings is 1. The molecular weight excluding hydrogens is 562 g/mol. The Balaban J connectivity index is 1.25. The third-order valence-electron chi connectivity index (χ3n) is 7.03. The Morgan fingerprint density at radius 3 is 2.25 bits per heavy atom. The number of amides is 3. The first-order valence-electron chi connectivity index (χ1n) is 13.9. The lowest BCUT2D eigenvalue weighted by Crippen LogP contribution is -2.37. The van der Waals surface area contributed by atoms with Gasteiger partial charge >= 0.3 is 12.0 Å². The second kappa shape index (κ2) is 12.7. The number of urea groups is 1. The molecule has 5 aromatic rings. The standard InChI is InChI=1S/C31H29N9O4/c1-32-29(41)19-3-7-23(8-4-19)36-30(42)38-26-10-6-21(16-33-26)27-37-25-15-20(22-17-34-31(43-2)35-18-22)5-9-24(25)28(39-27)40-11-13-44-14-12-40/h3-10,15-18H,11-14H2,1-2H3,(H,32,41)(H2,33,36,38,42). The summed E-state index contributed by atoms with van der Waals surface area (Å²) < 4.78 is 10.7. The van der Waals surface area contributed by atoms with E-state index in [4.69, 9.17) is 19.4 Å². The van der Waals surface area contributed by atoms with Crippen LogP contribution in [0.5, 0.6) is 6.01 Å². The molecule has 3 aromatic heterocycles. The molecule has 0 saturated carbocycles. The molecule has 1 aliphatic rings. The van der Waals surface area contributed by atoms with Crippen LogP contribution >= 0.6 is 0 Å². The van der Waals surface area contributed by atoms with E-state index in [-0.39, 0.29) is 5.91 Å². The average Bonchev–Trinajstić information content (AvgIpc) is 3.08. The highest BCUT2D eigenvalue weighted by Gasteiger charge is 2.19. The summed E-state index contributed by atoms with van der Waals surface area (Å²) in [5.41, 5.74) is 4.22. The third kappa shape index (κ3) is 6.22. The predicted octanol–water partition coefficient (Wildman–Crippen LogP) is 4.00. The Bertz CT molecular complexity index is 1790. The maximum atomic E-state index is 12.6. The fraction of sp³-hybridized carbons (Fsp3) is 0.194. The molecule has 2 aromatic carbocycles. The highest BCUT2D eigenvalue weighted by atomic mass is 16.5. The van der Waals surface area contributed by atoms with Crippen molar-refractivity contribution in [2.75, 3.05) is 56.0 Å². The molecule has 44 heavy (non-hydrogen) atoms. The topological polar surface area (TPSA) is 156 Å². The number of rotatable bonds is 7. The highest BCUT2D eigenvalue weighted by molar-refractivity contribution is 6.00. The van der Waals surface area contributed by atoms with Crippen molar-refractivity contribution in [1.82, 2.24) is 30.2 Å². The van der Waals surface area contributed by atoms with Crippen LogP contribution in [0.4, 0.5) is 22.1 Å². The minimum absolute atomic E-state index is 0.204. The Hall–Kier alpha value is -5.69. The molecule has 13 heteroatoms. The van der Waals surface area contributed by atoms with Crippen LogP contribution in [0.25, 0.3) is 33.4 Å². The maximum absolute atomic E-state index is 12.6. The van der Waals surface area contributed by atoms with E-state index in [1.165, 1.54) is 7.11 Å². The number of methoxy groups -OCH3 is 1. The van der Waals surface area contributed by atoms with Crippen LogP contribution in [0.2, 0.25) is 0 Å². The van der Waals surface area contributed by atoms with E-state index < -0.39 is 6.03 Å². The molecule has 13 nitrogen and oxygen atoms in total. The van der Waals surface area contributed by atoms with Crippen LogP contribution in [-0.2, 0) is 4.74 Å². The number of morpholine rings is 1. The van der Waals surface area contributed by atoms with Crippen LogP contribution in [0, 0.1) is 0 Å². The molecule has 1 saturated heterocycles. The molecule has 0 radical (unpaired) electrons. The fourth-order valence-corrected chi connectivity index (χ4v) is 4.74. The lowest BCUT2D eigenvalue weighted by Gasteiger charge is -2.29. The Labute approximate surface area is 252 Å². The number of anilines is 3. The molecule has 222 valence electrons.